The first-order valence-electron chi connectivity index (χ1n) is 8.46. The summed E-state index contributed by atoms with van der Waals surface area (Å²) in [5, 5.41) is 2.81. The summed E-state index contributed by atoms with van der Waals surface area (Å²) in [6, 6.07) is 5.26. The molecule has 8 heteroatoms. The van der Waals surface area contributed by atoms with Crippen molar-refractivity contribution >= 4 is 26.8 Å². The Labute approximate surface area is 147 Å². The van der Waals surface area contributed by atoms with E-state index in [-0.39, 0.29) is 23.5 Å². The highest BCUT2D eigenvalue weighted by Crippen LogP contribution is 2.29. The third kappa shape index (κ3) is 3.85. The van der Waals surface area contributed by atoms with E-state index in [1.165, 1.54) is 0 Å². The average molecular weight is 365 g/mol. The van der Waals surface area contributed by atoms with E-state index in [1.54, 1.807) is 12.1 Å². The minimum atomic E-state index is -2.97. The quantitative estimate of drug-likeness (QED) is 0.783. The van der Waals surface area contributed by atoms with Crippen LogP contribution < -0.4 is 5.32 Å². The summed E-state index contributed by atoms with van der Waals surface area (Å²) in [7, 11) is -2.97. The number of aromatic nitrogens is 2. The Kier molecular flexibility index (Phi) is 5.10. The highest BCUT2D eigenvalue weighted by atomic mass is 32.2. The normalized spacial score (nSPS) is 19.4. The van der Waals surface area contributed by atoms with Crippen LogP contribution in [0, 0.1) is 6.92 Å². The molecule has 0 bridgehead atoms. The van der Waals surface area contributed by atoms with Gasteiger partial charge in [0.25, 0.3) is 5.91 Å². The molecule has 0 spiro atoms. The van der Waals surface area contributed by atoms with Crippen molar-refractivity contribution in [3.05, 3.63) is 29.6 Å². The van der Waals surface area contributed by atoms with Crippen molar-refractivity contribution in [2.45, 2.75) is 26.3 Å². The average Bonchev–Trinajstić information content (AvgIpc) is 3.08. The van der Waals surface area contributed by atoms with E-state index in [1.807, 2.05) is 24.5 Å². The molecule has 2 heterocycles. The van der Waals surface area contributed by atoms with Crippen LogP contribution in [0.25, 0.3) is 11.0 Å². The Balaban J connectivity index is 1.82. The van der Waals surface area contributed by atoms with Gasteiger partial charge in [-0.2, -0.15) is 0 Å². The highest BCUT2D eigenvalue weighted by Gasteiger charge is 2.31. The first-order chi connectivity index (χ1) is 11.9. The molecule has 1 aromatic carbocycles. The van der Waals surface area contributed by atoms with E-state index in [9.17, 15) is 13.2 Å². The summed E-state index contributed by atoms with van der Waals surface area (Å²) in [4.78, 5) is 16.7. The number of nitrogens with zero attached hydrogens (tertiary/aromatic N) is 2. The van der Waals surface area contributed by atoms with Crippen molar-refractivity contribution < 1.29 is 17.9 Å². The summed E-state index contributed by atoms with van der Waals surface area (Å²) in [5.41, 5.74) is 2.11. The summed E-state index contributed by atoms with van der Waals surface area (Å²) < 4.78 is 30.7. The van der Waals surface area contributed by atoms with Crippen LogP contribution in [0.5, 0.6) is 0 Å². The largest absolute Gasteiger partial charge is 0.380 e. The van der Waals surface area contributed by atoms with E-state index in [0.717, 1.165) is 11.3 Å². The maximum Gasteiger partial charge on any atom is 0.251 e. The fraction of sp³-hybridized carbons (Fsp3) is 0.529. The maximum absolute atomic E-state index is 12.2. The Bertz CT molecular complexity index is 889. The zero-order valence-electron chi connectivity index (χ0n) is 14.5. The molecule has 1 aromatic heterocycles. The smallest absolute Gasteiger partial charge is 0.251 e. The molecule has 1 saturated heterocycles. The fourth-order valence-corrected chi connectivity index (χ4v) is 4.98. The van der Waals surface area contributed by atoms with Crippen molar-refractivity contribution in [3.8, 4) is 0 Å². The van der Waals surface area contributed by atoms with Crippen molar-refractivity contribution in [2.75, 3.05) is 31.3 Å². The first kappa shape index (κ1) is 17.9. The molecule has 0 saturated carbocycles. The van der Waals surface area contributed by atoms with Gasteiger partial charge >= 0.3 is 0 Å². The van der Waals surface area contributed by atoms with Gasteiger partial charge in [-0.1, -0.05) is 0 Å². The maximum atomic E-state index is 12.2. The predicted octanol–water partition coefficient (Wildman–Crippen LogP) is 1.47. The number of nitrogens with one attached hydrogen (secondary N) is 1. The van der Waals surface area contributed by atoms with Gasteiger partial charge in [-0.25, -0.2) is 13.4 Å². The second-order valence-electron chi connectivity index (χ2n) is 6.24. The molecule has 1 amide bonds. The molecule has 7 nitrogen and oxygen atoms in total. The van der Waals surface area contributed by atoms with Crippen LogP contribution >= 0.6 is 0 Å². The second-order valence-corrected chi connectivity index (χ2v) is 8.47. The molecule has 0 unspecified atom stereocenters. The third-order valence-electron chi connectivity index (χ3n) is 4.44. The number of carbonyl (C=O) groups excluding carboxylic acids is 1. The number of sulfone groups is 1. The summed E-state index contributed by atoms with van der Waals surface area (Å²) >= 11 is 0. The van der Waals surface area contributed by atoms with Gasteiger partial charge in [0, 0.05) is 18.7 Å². The first-order valence-corrected chi connectivity index (χ1v) is 10.3. The number of amides is 1. The predicted molar refractivity (Wildman–Crippen MR) is 95.6 cm³/mol. The molecule has 1 aliphatic heterocycles. The number of ether oxygens (including phenoxy) is 1. The molecule has 3 rings (SSSR count). The molecular formula is C17H23N3O4S. The van der Waals surface area contributed by atoms with Crippen molar-refractivity contribution in [1.82, 2.24) is 14.9 Å². The number of benzene rings is 1. The molecule has 2 aromatic rings. The Morgan fingerprint density at radius 1 is 1.44 bits per heavy atom. The molecule has 136 valence electrons. The fourth-order valence-electron chi connectivity index (χ4n) is 3.28. The minimum Gasteiger partial charge on any atom is -0.380 e. The number of rotatable bonds is 6. The van der Waals surface area contributed by atoms with E-state index in [2.05, 4.69) is 10.3 Å². The number of hydrogen-bond acceptors (Lipinski definition) is 5. The van der Waals surface area contributed by atoms with Gasteiger partial charge < -0.3 is 14.6 Å². The van der Waals surface area contributed by atoms with Crippen molar-refractivity contribution in [3.63, 3.8) is 0 Å². The summed E-state index contributed by atoms with van der Waals surface area (Å²) in [6.45, 7) is 5.33. The lowest BCUT2D eigenvalue weighted by Gasteiger charge is -2.13. The van der Waals surface area contributed by atoms with E-state index >= 15 is 0 Å². The lowest BCUT2D eigenvalue weighted by Crippen LogP contribution is -2.27. The van der Waals surface area contributed by atoms with Gasteiger partial charge in [0.05, 0.1) is 35.2 Å². The molecule has 1 N–H and O–H groups in total. The number of fused-ring (bicyclic) bond motifs is 1. The number of aryl methyl sites for hydroxylation is 1. The van der Waals surface area contributed by atoms with Crippen LogP contribution in [-0.2, 0) is 14.6 Å². The molecule has 0 radical (unpaired) electrons. The van der Waals surface area contributed by atoms with E-state index in [4.69, 9.17) is 4.74 Å². The monoisotopic (exact) mass is 365 g/mol. The zero-order chi connectivity index (χ0) is 18.0. The second kappa shape index (κ2) is 7.13. The van der Waals surface area contributed by atoms with Gasteiger partial charge in [-0.15, -0.1) is 0 Å². The van der Waals surface area contributed by atoms with E-state index < -0.39 is 9.84 Å². The van der Waals surface area contributed by atoms with Crippen LogP contribution in [0.3, 0.4) is 0 Å². The Morgan fingerprint density at radius 3 is 2.92 bits per heavy atom. The van der Waals surface area contributed by atoms with Crippen molar-refractivity contribution in [1.29, 1.82) is 0 Å². The summed E-state index contributed by atoms with van der Waals surface area (Å²) in [5.74, 6) is 0.971. The van der Waals surface area contributed by atoms with Gasteiger partial charge in [-0.3, -0.25) is 4.79 Å². The standard InChI is InChI=1S/C17H23N3O4S/c1-3-24-8-7-18-17(21)13-4-5-16-15(10-13)19-12(2)20(16)14-6-9-25(22,23)11-14/h4-5,10,14H,3,6-9,11H2,1-2H3,(H,18,21)/t14-/m1/s1. The van der Waals surface area contributed by atoms with Gasteiger partial charge in [0.15, 0.2) is 9.84 Å². The van der Waals surface area contributed by atoms with Crippen LogP contribution in [-0.4, -0.2) is 55.1 Å². The topological polar surface area (TPSA) is 90.3 Å². The number of carbonyl (C=O) groups is 1. The molecule has 25 heavy (non-hydrogen) atoms. The van der Waals surface area contributed by atoms with Gasteiger partial charge in [-0.05, 0) is 38.5 Å². The Hall–Kier alpha value is -1.93. The van der Waals surface area contributed by atoms with Crippen molar-refractivity contribution in [2.24, 2.45) is 0 Å². The third-order valence-corrected chi connectivity index (χ3v) is 6.19. The Morgan fingerprint density at radius 2 is 2.24 bits per heavy atom. The number of imidazole rings is 1. The lowest BCUT2D eigenvalue weighted by molar-refractivity contribution is 0.0922. The molecule has 1 fully saturated rings. The molecular weight excluding hydrogens is 342 g/mol. The highest BCUT2D eigenvalue weighted by molar-refractivity contribution is 7.91. The van der Waals surface area contributed by atoms with Crippen LogP contribution in [0.4, 0.5) is 0 Å². The van der Waals surface area contributed by atoms with Crippen LogP contribution in [0.2, 0.25) is 0 Å². The van der Waals surface area contributed by atoms with Gasteiger partial charge in [0.2, 0.25) is 0 Å². The SMILES string of the molecule is CCOCCNC(=O)c1ccc2c(c1)nc(C)n2[C@@H]1CCS(=O)(=O)C1. The molecule has 1 aliphatic rings. The lowest BCUT2D eigenvalue weighted by atomic mass is 10.1. The molecule has 1 atom stereocenters. The number of hydrogen-bond donors (Lipinski definition) is 1. The van der Waals surface area contributed by atoms with Crippen LogP contribution in [0.1, 0.15) is 35.6 Å². The van der Waals surface area contributed by atoms with Gasteiger partial charge in [0.1, 0.15) is 5.82 Å². The summed E-state index contributed by atoms with van der Waals surface area (Å²) in [6.07, 6.45) is 0.605. The van der Waals surface area contributed by atoms with Crippen LogP contribution in [0.15, 0.2) is 18.2 Å². The zero-order valence-corrected chi connectivity index (χ0v) is 15.3. The molecule has 0 aliphatic carbocycles. The minimum absolute atomic E-state index is 0.0825. The van der Waals surface area contributed by atoms with E-state index in [0.29, 0.717) is 37.3 Å².